The monoisotopic (exact) mass is 263 g/mol. The van der Waals surface area contributed by atoms with Gasteiger partial charge in [-0.3, -0.25) is 4.79 Å². The zero-order valence-corrected chi connectivity index (χ0v) is 11.6. The van der Waals surface area contributed by atoms with Crippen LogP contribution in [0.5, 0.6) is 5.75 Å². The van der Waals surface area contributed by atoms with Crippen LogP contribution in [0.4, 0.5) is 0 Å². The van der Waals surface area contributed by atoms with E-state index in [0.29, 0.717) is 11.5 Å². The van der Waals surface area contributed by atoms with E-state index in [4.69, 9.17) is 4.74 Å². The predicted molar refractivity (Wildman–Crippen MR) is 73.3 cm³/mol. The quantitative estimate of drug-likeness (QED) is 0.909. The molecule has 0 saturated carbocycles. The molecule has 1 saturated heterocycles. The van der Waals surface area contributed by atoms with E-state index in [9.17, 15) is 9.90 Å². The molecule has 0 spiro atoms. The molecule has 1 amide bonds. The molecular formula is C15H21NO3. The Balaban J connectivity index is 2.01. The Bertz CT molecular complexity index is 453. The van der Waals surface area contributed by atoms with Crippen molar-refractivity contribution in [2.24, 2.45) is 5.92 Å². The molecule has 0 aromatic heterocycles. The minimum Gasteiger partial charge on any atom is -0.508 e. The molecule has 0 aliphatic carbocycles. The molecule has 1 N–H and O–H groups in total. The number of ether oxygens (including phenoxy) is 1. The first-order chi connectivity index (χ1) is 9.08. The van der Waals surface area contributed by atoms with E-state index in [1.807, 2.05) is 14.0 Å². The van der Waals surface area contributed by atoms with Crippen LogP contribution in [0, 0.1) is 12.8 Å². The molecule has 0 bridgehead atoms. The Hall–Kier alpha value is -1.55. The SMILES string of the molecule is Cc1cc(O)ccc1C(=O)N(C)CC1CCOCC1. The molecule has 104 valence electrons. The minimum atomic E-state index is 0.0176. The standard InChI is InChI=1S/C15H21NO3/c1-11-9-13(17)3-4-14(11)15(18)16(2)10-12-5-7-19-8-6-12/h3-4,9,12,17H,5-8,10H2,1-2H3. The highest BCUT2D eigenvalue weighted by atomic mass is 16.5. The van der Waals surface area contributed by atoms with Gasteiger partial charge < -0.3 is 14.7 Å². The van der Waals surface area contributed by atoms with Crippen molar-refractivity contribution in [1.82, 2.24) is 4.90 Å². The van der Waals surface area contributed by atoms with Gasteiger partial charge in [-0.15, -0.1) is 0 Å². The van der Waals surface area contributed by atoms with Crippen molar-refractivity contribution in [2.75, 3.05) is 26.8 Å². The second-order valence-electron chi connectivity index (χ2n) is 5.24. The first kappa shape index (κ1) is 13.9. The fourth-order valence-corrected chi connectivity index (χ4v) is 2.49. The Morgan fingerprint density at radius 3 is 2.74 bits per heavy atom. The zero-order chi connectivity index (χ0) is 13.8. The van der Waals surface area contributed by atoms with E-state index in [0.717, 1.165) is 38.2 Å². The van der Waals surface area contributed by atoms with E-state index >= 15 is 0 Å². The van der Waals surface area contributed by atoms with E-state index in [1.165, 1.54) is 0 Å². The van der Waals surface area contributed by atoms with E-state index in [1.54, 1.807) is 23.1 Å². The van der Waals surface area contributed by atoms with Gasteiger partial charge in [0.2, 0.25) is 0 Å². The fourth-order valence-electron chi connectivity index (χ4n) is 2.49. The third kappa shape index (κ3) is 3.47. The van der Waals surface area contributed by atoms with Crippen LogP contribution >= 0.6 is 0 Å². The van der Waals surface area contributed by atoms with Gasteiger partial charge in [-0.2, -0.15) is 0 Å². The highest BCUT2D eigenvalue weighted by Gasteiger charge is 2.20. The largest absolute Gasteiger partial charge is 0.508 e. The van der Waals surface area contributed by atoms with Gasteiger partial charge >= 0.3 is 0 Å². The number of benzene rings is 1. The first-order valence-corrected chi connectivity index (χ1v) is 6.70. The lowest BCUT2D eigenvalue weighted by atomic mass is 9.99. The summed E-state index contributed by atoms with van der Waals surface area (Å²) >= 11 is 0. The van der Waals surface area contributed by atoms with E-state index in [2.05, 4.69) is 0 Å². The molecule has 19 heavy (non-hydrogen) atoms. The van der Waals surface area contributed by atoms with Crippen LogP contribution in [0.15, 0.2) is 18.2 Å². The Morgan fingerprint density at radius 2 is 2.11 bits per heavy atom. The number of nitrogens with zero attached hydrogens (tertiary/aromatic N) is 1. The van der Waals surface area contributed by atoms with Crippen LogP contribution in [0.3, 0.4) is 0 Å². The van der Waals surface area contributed by atoms with Gasteiger partial charge in [0.25, 0.3) is 5.91 Å². The van der Waals surface area contributed by atoms with Crippen molar-refractivity contribution < 1.29 is 14.6 Å². The molecule has 2 rings (SSSR count). The highest BCUT2D eigenvalue weighted by molar-refractivity contribution is 5.95. The third-order valence-corrected chi connectivity index (χ3v) is 3.66. The van der Waals surface area contributed by atoms with Crippen LogP contribution in [0.2, 0.25) is 0 Å². The Kier molecular flexibility index (Phi) is 4.43. The lowest BCUT2D eigenvalue weighted by Crippen LogP contribution is -2.34. The van der Waals surface area contributed by atoms with Gasteiger partial charge in [-0.05, 0) is 49.4 Å². The molecule has 1 aromatic carbocycles. The lowest BCUT2D eigenvalue weighted by molar-refractivity contribution is 0.0497. The smallest absolute Gasteiger partial charge is 0.253 e. The number of carbonyl (C=O) groups is 1. The molecule has 0 radical (unpaired) electrons. The molecular weight excluding hydrogens is 242 g/mol. The fraction of sp³-hybridized carbons (Fsp3) is 0.533. The Labute approximate surface area is 114 Å². The molecule has 0 unspecified atom stereocenters. The summed E-state index contributed by atoms with van der Waals surface area (Å²) in [5.74, 6) is 0.741. The lowest BCUT2D eigenvalue weighted by Gasteiger charge is -2.27. The summed E-state index contributed by atoms with van der Waals surface area (Å²) in [5, 5.41) is 9.38. The van der Waals surface area contributed by atoms with Crippen molar-refractivity contribution in [3.63, 3.8) is 0 Å². The number of rotatable bonds is 3. The third-order valence-electron chi connectivity index (χ3n) is 3.66. The average molecular weight is 263 g/mol. The van der Waals surface area contributed by atoms with Crippen molar-refractivity contribution in [3.05, 3.63) is 29.3 Å². The van der Waals surface area contributed by atoms with Gasteiger partial charge in [-0.25, -0.2) is 0 Å². The summed E-state index contributed by atoms with van der Waals surface area (Å²) in [6, 6.07) is 4.87. The maximum absolute atomic E-state index is 12.4. The number of hydrogen-bond acceptors (Lipinski definition) is 3. The van der Waals surface area contributed by atoms with Gasteiger partial charge in [0.05, 0.1) is 0 Å². The van der Waals surface area contributed by atoms with Gasteiger partial charge in [0.15, 0.2) is 0 Å². The number of hydrogen-bond donors (Lipinski definition) is 1. The second-order valence-corrected chi connectivity index (χ2v) is 5.24. The number of aromatic hydroxyl groups is 1. The van der Waals surface area contributed by atoms with Crippen LogP contribution in [0.25, 0.3) is 0 Å². The maximum Gasteiger partial charge on any atom is 0.253 e. The van der Waals surface area contributed by atoms with Gasteiger partial charge in [0, 0.05) is 32.4 Å². The normalized spacial score (nSPS) is 16.3. The number of aryl methyl sites for hydroxylation is 1. The molecule has 1 heterocycles. The van der Waals surface area contributed by atoms with Crippen LogP contribution in [-0.2, 0) is 4.74 Å². The van der Waals surface area contributed by atoms with E-state index < -0.39 is 0 Å². The minimum absolute atomic E-state index is 0.0176. The molecule has 1 aromatic rings. The number of amides is 1. The van der Waals surface area contributed by atoms with Gasteiger partial charge in [0.1, 0.15) is 5.75 Å². The van der Waals surface area contributed by atoms with Crippen LogP contribution in [0.1, 0.15) is 28.8 Å². The van der Waals surface area contributed by atoms with Crippen molar-refractivity contribution in [1.29, 1.82) is 0 Å². The maximum atomic E-state index is 12.4. The van der Waals surface area contributed by atoms with E-state index in [-0.39, 0.29) is 11.7 Å². The molecule has 4 nitrogen and oxygen atoms in total. The molecule has 1 fully saturated rings. The Morgan fingerprint density at radius 1 is 1.42 bits per heavy atom. The molecule has 1 aliphatic heterocycles. The number of phenols is 1. The molecule has 4 heteroatoms. The summed E-state index contributed by atoms with van der Waals surface area (Å²) in [7, 11) is 1.84. The van der Waals surface area contributed by atoms with Crippen LogP contribution in [-0.4, -0.2) is 42.7 Å². The van der Waals surface area contributed by atoms with Crippen LogP contribution < -0.4 is 0 Å². The summed E-state index contributed by atoms with van der Waals surface area (Å²) in [5.41, 5.74) is 1.47. The molecule has 1 aliphatic rings. The van der Waals surface area contributed by atoms with Crippen molar-refractivity contribution >= 4 is 5.91 Å². The topological polar surface area (TPSA) is 49.8 Å². The first-order valence-electron chi connectivity index (χ1n) is 6.70. The summed E-state index contributed by atoms with van der Waals surface area (Å²) in [6.45, 7) is 4.20. The average Bonchev–Trinajstić information content (AvgIpc) is 2.39. The zero-order valence-electron chi connectivity index (χ0n) is 11.6. The summed E-state index contributed by atoms with van der Waals surface area (Å²) < 4.78 is 5.33. The number of phenolic OH excluding ortho intramolecular Hbond substituents is 1. The summed E-state index contributed by atoms with van der Waals surface area (Å²) in [4.78, 5) is 14.1. The van der Waals surface area contributed by atoms with Crippen molar-refractivity contribution in [2.45, 2.75) is 19.8 Å². The second kappa shape index (κ2) is 6.06. The predicted octanol–water partition coefficient (Wildman–Crippen LogP) is 2.20. The van der Waals surface area contributed by atoms with Crippen molar-refractivity contribution in [3.8, 4) is 5.75 Å². The summed E-state index contributed by atoms with van der Waals surface area (Å²) in [6.07, 6.45) is 2.04. The van der Waals surface area contributed by atoms with Gasteiger partial charge in [-0.1, -0.05) is 0 Å². The number of carbonyl (C=O) groups excluding carboxylic acids is 1. The molecule has 0 atom stereocenters. The highest BCUT2D eigenvalue weighted by Crippen LogP contribution is 2.19.